The van der Waals surface area contributed by atoms with Gasteiger partial charge in [-0.1, -0.05) is 6.92 Å². The van der Waals surface area contributed by atoms with E-state index in [9.17, 15) is 30.4 Å². The summed E-state index contributed by atoms with van der Waals surface area (Å²) in [6.07, 6.45) is -4.35. The van der Waals surface area contributed by atoms with Crippen LogP contribution in [0.4, 0.5) is 22.0 Å². The van der Waals surface area contributed by atoms with Crippen molar-refractivity contribution < 1.29 is 34.9 Å². The highest BCUT2D eigenvalue weighted by Crippen LogP contribution is 2.42. The van der Waals surface area contributed by atoms with Gasteiger partial charge >= 0.3 is 21.3 Å². The molecule has 0 heterocycles. The van der Waals surface area contributed by atoms with Crippen LogP contribution in [-0.4, -0.2) is 30.3 Å². The Morgan fingerprint density at radius 2 is 1.64 bits per heavy atom. The van der Waals surface area contributed by atoms with Crippen LogP contribution in [0.3, 0.4) is 0 Å². The van der Waals surface area contributed by atoms with Gasteiger partial charge in [-0.2, -0.15) is 26.0 Å². The number of rotatable bonds is 4. The largest absolute Gasteiger partial charge is 0.434 e. The molecule has 1 N–H and O–H groups in total. The highest BCUT2D eigenvalue weighted by Gasteiger charge is 2.69. The van der Waals surface area contributed by atoms with Crippen LogP contribution in [0.15, 0.2) is 0 Å². The summed E-state index contributed by atoms with van der Waals surface area (Å²) >= 11 is 0. The van der Waals surface area contributed by atoms with Crippen molar-refractivity contribution in [3.63, 3.8) is 0 Å². The van der Waals surface area contributed by atoms with Crippen molar-refractivity contribution in [2.75, 3.05) is 0 Å². The minimum Gasteiger partial charge on any atom is -0.281 e. The lowest BCUT2D eigenvalue weighted by Gasteiger charge is -2.25. The molecule has 0 radical (unpaired) electrons. The van der Waals surface area contributed by atoms with E-state index in [1.165, 1.54) is 0 Å². The highest BCUT2D eigenvalue weighted by molar-refractivity contribution is 7.87. The maximum Gasteiger partial charge on any atom is 0.434 e. The number of hydrogen-bond acceptors (Lipinski definition) is 2. The molecular formula is C5H7F5O3S. The van der Waals surface area contributed by atoms with Gasteiger partial charge in [-0.3, -0.25) is 4.55 Å². The number of halogens is 5. The average molecular weight is 242 g/mol. The Morgan fingerprint density at radius 1 is 1.29 bits per heavy atom. The first-order chi connectivity index (χ1) is 5.98. The Labute approximate surface area is 76.7 Å². The third kappa shape index (κ3) is 1.97. The van der Waals surface area contributed by atoms with Crippen LogP contribution in [0.25, 0.3) is 0 Å². The lowest BCUT2D eigenvalue weighted by molar-refractivity contribution is -0.197. The first-order valence-electron chi connectivity index (χ1n) is 3.35. The highest BCUT2D eigenvalue weighted by atomic mass is 32.2. The fraction of sp³-hybridized carbons (Fsp3) is 1.00. The molecule has 0 saturated heterocycles. The summed E-state index contributed by atoms with van der Waals surface area (Å²) in [5.74, 6) is -5.45. The second-order valence-electron chi connectivity index (χ2n) is 2.49. The van der Waals surface area contributed by atoms with Crippen LogP contribution >= 0.6 is 0 Å². The third-order valence-corrected chi connectivity index (χ3v) is 2.38. The smallest absolute Gasteiger partial charge is 0.281 e. The SMILES string of the molecule is CCC(F)C(F)(F)C(F)(F)S(=O)(=O)O. The molecular weight excluding hydrogens is 235 g/mol. The molecule has 0 saturated carbocycles. The van der Waals surface area contributed by atoms with Crippen molar-refractivity contribution in [1.29, 1.82) is 0 Å². The van der Waals surface area contributed by atoms with Crippen molar-refractivity contribution in [3.05, 3.63) is 0 Å². The van der Waals surface area contributed by atoms with E-state index in [-0.39, 0.29) is 0 Å². The topological polar surface area (TPSA) is 54.4 Å². The van der Waals surface area contributed by atoms with Gasteiger partial charge in [-0.05, 0) is 6.42 Å². The van der Waals surface area contributed by atoms with Crippen molar-refractivity contribution in [2.24, 2.45) is 0 Å². The Kier molecular flexibility index (Phi) is 3.50. The van der Waals surface area contributed by atoms with Crippen molar-refractivity contribution >= 4 is 10.1 Å². The fourth-order valence-electron chi connectivity index (χ4n) is 0.611. The van der Waals surface area contributed by atoms with Crippen LogP contribution < -0.4 is 0 Å². The van der Waals surface area contributed by atoms with E-state index in [0.29, 0.717) is 0 Å². The zero-order valence-electron chi connectivity index (χ0n) is 6.85. The number of hydrogen-bond donors (Lipinski definition) is 1. The predicted octanol–water partition coefficient (Wildman–Crippen LogP) is 1.85. The maximum absolute atomic E-state index is 12.4. The zero-order valence-corrected chi connectivity index (χ0v) is 7.66. The van der Waals surface area contributed by atoms with Gasteiger partial charge in [0.2, 0.25) is 0 Å². The zero-order chi connectivity index (χ0) is 11.8. The summed E-state index contributed by atoms with van der Waals surface area (Å²) in [6, 6.07) is 0. The maximum atomic E-state index is 12.4. The van der Waals surface area contributed by atoms with Crippen LogP contribution in [0.5, 0.6) is 0 Å². The van der Waals surface area contributed by atoms with Gasteiger partial charge in [0.25, 0.3) is 0 Å². The predicted molar refractivity (Wildman–Crippen MR) is 36.6 cm³/mol. The fourth-order valence-corrected chi connectivity index (χ4v) is 1.08. The molecule has 9 heteroatoms. The summed E-state index contributed by atoms with van der Waals surface area (Å²) in [7, 11) is -6.34. The van der Waals surface area contributed by atoms with Crippen LogP contribution in [0, 0.1) is 0 Å². The molecule has 14 heavy (non-hydrogen) atoms. The molecule has 1 atom stereocenters. The molecule has 0 aliphatic rings. The lowest BCUT2D eigenvalue weighted by atomic mass is 10.2. The van der Waals surface area contributed by atoms with E-state index in [2.05, 4.69) is 0 Å². The van der Waals surface area contributed by atoms with Gasteiger partial charge in [-0.25, -0.2) is 4.39 Å². The van der Waals surface area contributed by atoms with E-state index >= 15 is 0 Å². The Bertz CT molecular complexity index is 298. The molecule has 0 rings (SSSR count). The average Bonchev–Trinajstić information content (AvgIpc) is 2.00. The standard InChI is InChI=1S/C5H7F5O3S/c1-2-3(6)4(7,8)5(9,10)14(11,12)13/h3H,2H2,1H3,(H,11,12,13). The third-order valence-electron chi connectivity index (χ3n) is 1.46. The van der Waals surface area contributed by atoms with Crippen molar-refractivity contribution in [3.8, 4) is 0 Å². The molecule has 86 valence electrons. The lowest BCUT2D eigenvalue weighted by Crippen LogP contribution is -2.52. The molecule has 0 aromatic carbocycles. The van der Waals surface area contributed by atoms with Gasteiger partial charge in [-0.15, -0.1) is 0 Å². The summed E-state index contributed by atoms with van der Waals surface area (Å²) in [5, 5.41) is -5.82. The monoisotopic (exact) mass is 242 g/mol. The second-order valence-corrected chi connectivity index (χ2v) is 3.95. The van der Waals surface area contributed by atoms with E-state index in [1.807, 2.05) is 0 Å². The summed E-state index contributed by atoms with van der Waals surface area (Å²) in [6.45, 7) is 0.832. The first-order valence-corrected chi connectivity index (χ1v) is 4.79. The summed E-state index contributed by atoms with van der Waals surface area (Å²) in [4.78, 5) is 0. The van der Waals surface area contributed by atoms with Crippen LogP contribution in [-0.2, 0) is 10.1 Å². The normalized spacial score (nSPS) is 16.8. The summed E-state index contributed by atoms with van der Waals surface area (Å²) in [5.41, 5.74) is 0. The summed E-state index contributed by atoms with van der Waals surface area (Å²) < 4.78 is 89.4. The van der Waals surface area contributed by atoms with Crippen molar-refractivity contribution in [1.82, 2.24) is 0 Å². The molecule has 0 spiro atoms. The van der Waals surface area contributed by atoms with Gasteiger partial charge < -0.3 is 0 Å². The second kappa shape index (κ2) is 3.61. The Balaban J connectivity index is 5.29. The molecule has 0 bridgehead atoms. The van der Waals surface area contributed by atoms with Crippen LogP contribution in [0.2, 0.25) is 0 Å². The molecule has 0 aliphatic heterocycles. The first kappa shape index (κ1) is 13.6. The van der Waals surface area contributed by atoms with E-state index < -0.39 is 33.9 Å². The molecule has 0 aromatic heterocycles. The minimum absolute atomic E-state index is 0.832. The molecule has 3 nitrogen and oxygen atoms in total. The quantitative estimate of drug-likeness (QED) is 0.604. The van der Waals surface area contributed by atoms with Gasteiger partial charge in [0.1, 0.15) is 0 Å². The Morgan fingerprint density at radius 3 is 1.86 bits per heavy atom. The van der Waals surface area contributed by atoms with Gasteiger partial charge in [0.05, 0.1) is 0 Å². The minimum atomic E-state index is -6.34. The molecule has 1 unspecified atom stereocenters. The molecule has 0 aliphatic carbocycles. The van der Waals surface area contributed by atoms with E-state index in [1.54, 1.807) is 0 Å². The molecule has 0 amide bonds. The molecule has 0 aromatic rings. The van der Waals surface area contributed by atoms with Gasteiger partial charge in [0, 0.05) is 0 Å². The van der Waals surface area contributed by atoms with E-state index in [4.69, 9.17) is 4.55 Å². The van der Waals surface area contributed by atoms with E-state index in [0.717, 1.165) is 6.92 Å². The van der Waals surface area contributed by atoms with Gasteiger partial charge in [0.15, 0.2) is 6.17 Å². The van der Waals surface area contributed by atoms with Crippen LogP contribution in [0.1, 0.15) is 13.3 Å². The number of alkyl halides is 5. The Hall–Kier alpha value is -0.440. The molecule has 0 fully saturated rings. The van der Waals surface area contributed by atoms with Crippen molar-refractivity contribution in [2.45, 2.75) is 30.7 Å².